The number of benzene rings is 1. The first-order valence-corrected chi connectivity index (χ1v) is 6.10. The number of rotatable bonds is 1. The van der Waals surface area contributed by atoms with Gasteiger partial charge in [0.2, 0.25) is 0 Å². The maximum atomic E-state index is 13.4. The fourth-order valence-corrected chi connectivity index (χ4v) is 2.51. The predicted octanol–water partition coefficient (Wildman–Crippen LogP) is 3.15. The lowest BCUT2D eigenvalue weighted by Crippen LogP contribution is -2.03. The van der Waals surface area contributed by atoms with Crippen LogP contribution in [0.2, 0.25) is 0 Å². The van der Waals surface area contributed by atoms with E-state index in [0.29, 0.717) is 16.9 Å². The van der Waals surface area contributed by atoms with Crippen LogP contribution in [-0.2, 0) is 7.05 Å². The molecule has 0 bridgehead atoms. The van der Waals surface area contributed by atoms with Gasteiger partial charge in [0.25, 0.3) is 0 Å². The number of aromatic amines is 1. The van der Waals surface area contributed by atoms with Crippen LogP contribution in [0.4, 0.5) is 13.2 Å². The third-order valence-corrected chi connectivity index (χ3v) is 3.35. The highest BCUT2D eigenvalue weighted by molar-refractivity contribution is 7.71. The summed E-state index contributed by atoms with van der Waals surface area (Å²) in [4.78, 5) is 2.92. The van der Waals surface area contributed by atoms with Crippen LogP contribution >= 0.6 is 12.2 Å². The van der Waals surface area contributed by atoms with Crippen molar-refractivity contribution in [1.29, 1.82) is 0 Å². The number of nitrogens with one attached hydrogen (secondary N) is 1. The third kappa shape index (κ3) is 1.68. The van der Waals surface area contributed by atoms with Crippen LogP contribution in [0.1, 0.15) is 5.69 Å². The summed E-state index contributed by atoms with van der Waals surface area (Å²) in [5.41, 5.74) is 2.02. The molecule has 104 valence electrons. The third-order valence-electron chi connectivity index (χ3n) is 3.07. The molecule has 3 aromatic rings. The Hall–Kier alpha value is -2.09. The van der Waals surface area contributed by atoms with Crippen LogP contribution in [0.25, 0.3) is 16.9 Å². The summed E-state index contributed by atoms with van der Waals surface area (Å²) < 4.78 is 43.0. The van der Waals surface area contributed by atoms with Gasteiger partial charge in [-0.15, -0.1) is 0 Å². The Morgan fingerprint density at radius 1 is 1.20 bits per heavy atom. The highest BCUT2D eigenvalue weighted by Gasteiger charge is 2.17. The van der Waals surface area contributed by atoms with Crippen molar-refractivity contribution in [3.05, 3.63) is 40.0 Å². The minimum absolute atomic E-state index is 0.0978. The van der Waals surface area contributed by atoms with Crippen molar-refractivity contribution in [2.24, 2.45) is 7.05 Å². The molecule has 4 nitrogen and oxygen atoms in total. The SMILES string of the molecule is Cc1nn(C)c2c1[nH]c(=S)n2-c1cc(F)c(F)c(F)c1. The fourth-order valence-electron chi connectivity index (χ4n) is 2.22. The van der Waals surface area contributed by atoms with Gasteiger partial charge in [0.15, 0.2) is 27.9 Å². The Labute approximate surface area is 116 Å². The van der Waals surface area contributed by atoms with Gasteiger partial charge >= 0.3 is 0 Å². The Kier molecular flexibility index (Phi) is 2.72. The molecule has 1 aromatic carbocycles. The Morgan fingerprint density at radius 3 is 2.40 bits per heavy atom. The van der Waals surface area contributed by atoms with E-state index in [9.17, 15) is 13.2 Å². The van der Waals surface area contributed by atoms with E-state index in [1.54, 1.807) is 14.0 Å². The fraction of sp³-hybridized carbons (Fsp3) is 0.167. The van der Waals surface area contributed by atoms with Gasteiger partial charge in [-0.3, -0.25) is 4.57 Å². The number of H-pyrrole nitrogens is 1. The van der Waals surface area contributed by atoms with Crippen LogP contribution in [0.3, 0.4) is 0 Å². The summed E-state index contributed by atoms with van der Waals surface area (Å²) in [5, 5.41) is 4.20. The van der Waals surface area contributed by atoms with Gasteiger partial charge in [-0.05, 0) is 19.1 Å². The molecule has 0 atom stereocenters. The molecular weight excluding hydrogens is 289 g/mol. The summed E-state index contributed by atoms with van der Waals surface area (Å²) in [6, 6.07) is 1.79. The molecule has 1 N–H and O–H groups in total. The molecule has 0 saturated carbocycles. The largest absolute Gasteiger partial charge is 0.327 e. The van der Waals surface area contributed by atoms with Gasteiger partial charge in [0.1, 0.15) is 5.52 Å². The number of aryl methyl sites for hydroxylation is 2. The molecule has 0 aliphatic heterocycles. The van der Waals surface area contributed by atoms with Crippen LogP contribution in [0.15, 0.2) is 12.1 Å². The Bertz CT molecular complexity index is 867. The van der Waals surface area contributed by atoms with E-state index in [-0.39, 0.29) is 10.5 Å². The van der Waals surface area contributed by atoms with Crippen LogP contribution in [0, 0.1) is 29.1 Å². The number of halogens is 3. The van der Waals surface area contributed by atoms with Crippen molar-refractivity contribution in [2.75, 3.05) is 0 Å². The van der Waals surface area contributed by atoms with E-state index in [4.69, 9.17) is 12.2 Å². The predicted molar refractivity (Wildman–Crippen MR) is 69.8 cm³/mol. The second kappa shape index (κ2) is 4.20. The zero-order valence-electron chi connectivity index (χ0n) is 10.5. The maximum absolute atomic E-state index is 13.4. The quantitative estimate of drug-likeness (QED) is 0.553. The Balaban J connectivity index is 2.40. The molecule has 0 saturated heterocycles. The molecule has 0 amide bonds. The lowest BCUT2D eigenvalue weighted by Gasteiger charge is -2.06. The summed E-state index contributed by atoms with van der Waals surface area (Å²) in [6.45, 7) is 1.78. The summed E-state index contributed by atoms with van der Waals surface area (Å²) >= 11 is 5.15. The zero-order valence-corrected chi connectivity index (χ0v) is 11.4. The molecule has 0 aliphatic carbocycles. The molecular formula is C12H9F3N4S. The van der Waals surface area contributed by atoms with Crippen molar-refractivity contribution in [3.8, 4) is 5.69 Å². The first kappa shape index (κ1) is 12.9. The monoisotopic (exact) mass is 298 g/mol. The van der Waals surface area contributed by atoms with Gasteiger partial charge < -0.3 is 4.98 Å². The Morgan fingerprint density at radius 2 is 1.80 bits per heavy atom. The highest BCUT2D eigenvalue weighted by atomic mass is 32.1. The van der Waals surface area contributed by atoms with Gasteiger partial charge in [0.05, 0.1) is 11.4 Å². The molecule has 0 unspecified atom stereocenters. The minimum Gasteiger partial charge on any atom is -0.327 e. The number of hydrogen-bond acceptors (Lipinski definition) is 2. The van der Waals surface area contributed by atoms with Gasteiger partial charge in [-0.2, -0.15) is 5.10 Å². The summed E-state index contributed by atoms with van der Waals surface area (Å²) in [5.74, 6) is -4.04. The summed E-state index contributed by atoms with van der Waals surface area (Å²) in [6.07, 6.45) is 0. The lowest BCUT2D eigenvalue weighted by molar-refractivity contribution is 0.446. The number of fused-ring (bicyclic) bond motifs is 1. The van der Waals surface area contributed by atoms with Gasteiger partial charge in [-0.25, -0.2) is 17.9 Å². The second-order valence-corrected chi connectivity index (χ2v) is 4.78. The van der Waals surface area contributed by atoms with E-state index in [2.05, 4.69) is 10.1 Å². The van der Waals surface area contributed by atoms with Gasteiger partial charge in [0, 0.05) is 19.2 Å². The van der Waals surface area contributed by atoms with E-state index < -0.39 is 17.5 Å². The standard InChI is InChI=1S/C12H9F3N4S/c1-5-10-11(18(2)17-5)19(12(20)16-10)6-3-7(13)9(15)8(14)4-6/h3-4H,1-2H3,(H,16,20). The first-order valence-electron chi connectivity index (χ1n) is 5.69. The first-order chi connectivity index (χ1) is 9.40. The summed E-state index contributed by atoms with van der Waals surface area (Å²) in [7, 11) is 1.69. The second-order valence-electron chi connectivity index (χ2n) is 4.40. The molecule has 0 fully saturated rings. The average molecular weight is 298 g/mol. The van der Waals surface area contributed by atoms with Crippen molar-refractivity contribution in [2.45, 2.75) is 6.92 Å². The van der Waals surface area contributed by atoms with Crippen molar-refractivity contribution >= 4 is 23.4 Å². The van der Waals surface area contributed by atoms with Crippen molar-refractivity contribution in [3.63, 3.8) is 0 Å². The molecule has 2 heterocycles. The van der Waals surface area contributed by atoms with Crippen molar-refractivity contribution in [1.82, 2.24) is 19.3 Å². The van der Waals surface area contributed by atoms with Crippen LogP contribution < -0.4 is 0 Å². The van der Waals surface area contributed by atoms with Crippen LogP contribution in [0.5, 0.6) is 0 Å². The molecule has 3 rings (SSSR count). The average Bonchev–Trinajstić information content (AvgIpc) is 2.84. The minimum atomic E-state index is -1.51. The zero-order chi connectivity index (χ0) is 14.6. The highest BCUT2D eigenvalue weighted by Crippen LogP contribution is 2.23. The van der Waals surface area contributed by atoms with E-state index in [1.807, 2.05) is 0 Å². The molecule has 8 heteroatoms. The van der Waals surface area contributed by atoms with Crippen molar-refractivity contribution < 1.29 is 13.2 Å². The van der Waals surface area contributed by atoms with E-state index in [1.165, 1.54) is 9.25 Å². The van der Waals surface area contributed by atoms with Crippen LogP contribution in [-0.4, -0.2) is 19.3 Å². The number of hydrogen-bond donors (Lipinski definition) is 1. The lowest BCUT2D eigenvalue weighted by atomic mass is 10.3. The molecule has 0 radical (unpaired) electrons. The van der Waals surface area contributed by atoms with E-state index >= 15 is 0 Å². The molecule has 20 heavy (non-hydrogen) atoms. The molecule has 0 spiro atoms. The molecule has 2 aromatic heterocycles. The number of nitrogens with zero attached hydrogens (tertiary/aromatic N) is 3. The maximum Gasteiger partial charge on any atom is 0.194 e. The number of imidazole rings is 1. The van der Waals surface area contributed by atoms with E-state index in [0.717, 1.165) is 12.1 Å². The topological polar surface area (TPSA) is 38.5 Å². The smallest absolute Gasteiger partial charge is 0.194 e. The normalized spacial score (nSPS) is 11.4. The number of aromatic nitrogens is 4. The molecule has 0 aliphatic rings. The van der Waals surface area contributed by atoms with Gasteiger partial charge in [-0.1, -0.05) is 0 Å².